The topological polar surface area (TPSA) is 94.4 Å². The largest absolute Gasteiger partial charge is 0.494 e. The van der Waals surface area contributed by atoms with E-state index >= 15 is 0 Å². The molecule has 1 aromatic heterocycles. The number of hydrogen-bond donors (Lipinski definition) is 1. The number of nitro benzene ring substituents is 1. The Bertz CT molecular complexity index is 983. The molecule has 3 rings (SSSR count). The summed E-state index contributed by atoms with van der Waals surface area (Å²) < 4.78 is 5.43. The molecule has 0 saturated carbocycles. The first-order chi connectivity index (χ1) is 13.0. The number of benzene rings is 2. The number of hydrogen-bond acceptors (Lipinski definition) is 6. The van der Waals surface area contributed by atoms with Crippen molar-refractivity contribution in [1.82, 2.24) is 4.98 Å². The molecule has 0 fully saturated rings. The Hall–Kier alpha value is -3.26. The second-order valence-corrected chi connectivity index (χ2v) is 6.81. The van der Waals surface area contributed by atoms with E-state index in [4.69, 9.17) is 4.74 Å². The summed E-state index contributed by atoms with van der Waals surface area (Å²) >= 11 is 1.32. The summed E-state index contributed by atoms with van der Waals surface area (Å²) in [6.07, 6.45) is 0. The van der Waals surface area contributed by atoms with Crippen LogP contribution in [0.4, 0.5) is 10.8 Å². The Morgan fingerprint density at radius 3 is 2.59 bits per heavy atom. The normalized spacial score (nSPS) is 10.4. The lowest BCUT2D eigenvalue weighted by atomic mass is 10.1. The minimum absolute atomic E-state index is 0.00188. The van der Waals surface area contributed by atoms with Gasteiger partial charge in [0.1, 0.15) is 11.3 Å². The van der Waals surface area contributed by atoms with Gasteiger partial charge in [0.25, 0.3) is 11.6 Å². The van der Waals surface area contributed by atoms with E-state index in [2.05, 4.69) is 10.3 Å². The summed E-state index contributed by atoms with van der Waals surface area (Å²) in [5.74, 6) is 0.216. The maximum atomic E-state index is 12.4. The van der Waals surface area contributed by atoms with Gasteiger partial charge in [-0.2, -0.15) is 0 Å². The molecule has 1 heterocycles. The molecule has 0 aliphatic heterocycles. The molecule has 7 nitrogen and oxygen atoms in total. The van der Waals surface area contributed by atoms with E-state index in [9.17, 15) is 14.9 Å². The fourth-order valence-electron chi connectivity index (χ4n) is 2.58. The van der Waals surface area contributed by atoms with Gasteiger partial charge in [-0.1, -0.05) is 12.1 Å². The first-order valence-electron chi connectivity index (χ1n) is 8.25. The van der Waals surface area contributed by atoms with Gasteiger partial charge in [0.05, 0.1) is 17.2 Å². The second kappa shape index (κ2) is 7.96. The second-order valence-electron chi connectivity index (χ2n) is 5.61. The van der Waals surface area contributed by atoms with Crippen molar-refractivity contribution >= 4 is 28.1 Å². The SMILES string of the molecule is CCOc1ccc(-c2nc(NC(=O)c3ccccc3[N+](=O)[O-])sc2C)cc1. The Balaban J connectivity index is 1.83. The number of nitrogens with one attached hydrogen (secondary N) is 1. The molecule has 8 heteroatoms. The van der Waals surface area contributed by atoms with Crippen LogP contribution in [0.5, 0.6) is 5.75 Å². The third-order valence-electron chi connectivity index (χ3n) is 3.80. The molecule has 1 amide bonds. The summed E-state index contributed by atoms with van der Waals surface area (Å²) in [4.78, 5) is 28.4. The molecule has 2 aromatic carbocycles. The standard InChI is InChI=1S/C19H17N3O4S/c1-3-26-14-10-8-13(9-11-14)17-12(2)27-19(20-17)21-18(23)15-6-4-5-7-16(15)22(24)25/h4-11H,3H2,1-2H3,(H,20,21,23). The number of ether oxygens (including phenoxy) is 1. The van der Waals surface area contributed by atoms with Gasteiger partial charge >= 0.3 is 0 Å². The lowest BCUT2D eigenvalue weighted by molar-refractivity contribution is -0.385. The summed E-state index contributed by atoms with van der Waals surface area (Å²) in [5, 5.41) is 14.1. The molecule has 0 unspecified atom stereocenters. The van der Waals surface area contributed by atoms with E-state index in [0.29, 0.717) is 11.7 Å². The summed E-state index contributed by atoms with van der Waals surface area (Å²) in [6.45, 7) is 4.42. The Labute approximate surface area is 159 Å². The fraction of sp³-hybridized carbons (Fsp3) is 0.158. The summed E-state index contributed by atoms with van der Waals surface area (Å²) in [5.41, 5.74) is 1.41. The van der Waals surface area contributed by atoms with E-state index in [1.54, 1.807) is 6.07 Å². The van der Waals surface area contributed by atoms with Gasteiger partial charge < -0.3 is 4.74 Å². The van der Waals surface area contributed by atoms with Gasteiger partial charge in [0.15, 0.2) is 5.13 Å². The number of amides is 1. The van der Waals surface area contributed by atoms with Crippen LogP contribution in [0.2, 0.25) is 0 Å². The molecule has 0 aliphatic rings. The highest BCUT2D eigenvalue weighted by molar-refractivity contribution is 7.16. The number of carbonyl (C=O) groups is 1. The van der Waals surface area contributed by atoms with E-state index in [0.717, 1.165) is 21.9 Å². The van der Waals surface area contributed by atoms with Crippen molar-refractivity contribution in [2.45, 2.75) is 13.8 Å². The molecular formula is C19H17N3O4S. The fourth-order valence-corrected chi connectivity index (χ4v) is 3.41. The van der Waals surface area contributed by atoms with E-state index < -0.39 is 10.8 Å². The van der Waals surface area contributed by atoms with Crippen LogP contribution in [0.25, 0.3) is 11.3 Å². The van der Waals surface area contributed by atoms with Crippen LogP contribution < -0.4 is 10.1 Å². The lowest BCUT2D eigenvalue weighted by Gasteiger charge is -2.04. The molecule has 0 atom stereocenters. The first-order valence-corrected chi connectivity index (χ1v) is 9.06. The smallest absolute Gasteiger partial charge is 0.282 e. The average molecular weight is 383 g/mol. The molecule has 27 heavy (non-hydrogen) atoms. The summed E-state index contributed by atoms with van der Waals surface area (Å²) in [7, 11) is 0. The molecule has 138 valence electrons. The van der Waals surface area contributed by atoms with Crippen LogP contribution in [-0.2, 0) is 0 Å². The molecule has 3 aromatic rings. The lowest BCUT2D eigenvalue weighted by Crippen LogP contribution is -2.13. The maximum absolute atomic E-state index is 12.4. The predicted octanol–water partition coefficient (Wildman–Crippen LogP) is 4.68. The third-order valence-corrected chi connectivity index (χ3v) is 4.69. The number of aromatic nitrogens is 1. The number of aryl methyl sites for hydroxylation is 1. The van der Waals surface area contributed by atoms with Crippen LogP contribution >= 0.6 is 11.3 Å². The number of para-hydroxylation sites is 1. The number of anilines is 1. The van der Waals surface area contributed by atoms with Crippen LogP contribution in [0.1, 0.15) is 22.2 Å². The highest BCUT2D eigenvalue weighted by Crippen LogP contribution is 2.32. The van der Waals surface area contributed by atoms with Crippen molar-refractivity contribution in [3.63, 3.8) is 0 Å². The van der Waals surface area contributed by atoms with E-state index in [-0.39, 0.29) is 11.3 Å². The highest BCUT2D eigenvalue weighted by atomic mass is 32.1. The number of nitro groups is 1. The molecular weight excluding hydrogens is 366 g/mol. The highest BCUT2D eigenvalue weighted by Gasteiger charge is 2.20. The van der Waals surface area contributed by atoms with Crippen LogP contribution in [0.3, 0.4) is 0 Å². The van der Waals surface area contributed by atoms with Crippen molar-refractivity contribution in [2.75, 3.05) is 11.9 Å². The number of carbonyl (C=O) groups excluding carboxylic acids is 1. The third kappa shape index (κ3) is 4.12. The molecule has 0 spiro atoms. The predicted molar refractivity (Wildman–Crippen MR) is 105 cm³/mol. The Kier molecular flexibility index (Phi) is 5.46. The van der Waals surface area contributed by atoms with E-state index in [1.807, 2.05) is 38.1 Å². The van der Waals surface area contributed by atoms with Gasteiger partial charge in [0, 0.05) is 16.5 Å². The average Bonchev–Trinajstić information content (AvgIpc) is 3.02. The van der Waals surface area contributed by atoms with Crippen LogP contribution in [-0.4, -0.2) is 22.4 Å². The molecule has 0 bridgehead atoms. The Morgan fingerprint density at radius 2 is 1.93 bits per heavy atom. The minimum Gasteiger partial charge on any atom is -0.494 e. The number of thiazole rings is 1. The van der Waals surface area contributed by atoms with Gasteiger partial charge in [-0.15, -0.1) is 11.3 Å². The zero-order valence-corrected chi connectivity index (χ0v) is 15.6. The maximum Gasteiger partial charge on any atom is 0.282 e. The van der Waals surface area contributed by atoms with Crippen molar-refractivity contribution < 1.29 is 14.5 Å². The van der Waals surface area contributed by atoms with Gasteiger partial charge in [0.2, 0.25) is 0 Å². The number of rotatable bonds is 6. The van der Waals surface area contributed by atoms with Gasteiger partial charge in [-0.25, -0.2) is 4.98 Å². The van der Waals surface area contributed by atoms with Crippen molar-refractivity contribution in [3.8, 4) is 17.0 Å². The summed E-state index contributed by atoms with van der Waals surface area (Å²) in [6, 6.07) is 13.4. The minimum atomic E-state index is -0.576. The monoisotopic (exact) mass is 383 g/mol. The van der Waals surface area contributed by atoms with Crippen LogP contribution in [0, 0.1) is 17.0 Å². The Morgan fingerprint density at radius 1 is 1.22 bits per heavy atom. The van der Waals surface area contributed by atoms with Gasteiger partial charge in [-0.3, -0.25) is 20.2 Å². The van der Waals surface area contributed by atoms with E-state index in [1.165, 1.54) is 29.5 Å². The first kappa shape index (κ1) is 18.5. The van der Waals surface area contributed by atoms with Crippen molar-refractivity contribution in [1.29, 1.82) is 0 Å². The molecule has 1 N–H and O–H groups in total. The quantitative estimate of drug-likeness (QED) is 0.493. The zero-order chi connectivity index (χ0) is 19.4. The zero-order valence-electron chi connectivity index (χ0n) is 14.8. The van der Waals surface area contributed by atoms with Gasteiger partial charge in [-0.05, 0) is 44.2 Å². The molecule has 0 saturated heterocycles. The molecule has 0 radical (unpaired) electrons. The van der Waals surface area contributed by atoms with Crippen molar-refractivity contribution in [3.05, 3.63) is 69.1 Å². The molecule has 0 aliphatic carbocycles. The van der Waals surface area contributed by atoms with Crippen molar-refractivity contribution in [2.24, 2.45) is 0 Å². The number of nitrogens with zero attached hydrogens (tertiary/aromatic N) is 2. The van der Waals surface area contributed by atoms with Crippen LogP contribution in [0.15, 0.2) is 48.5 Å².